The van der Waals surface area contributed by atoms with Gasteiger partial charge in [-0.25, -0.2) is 0 Å². The topological polar surface area (TPSA) is 55.4 Å². The molecule has 20 rings (SSSR count). The summed E-state index contributed by atoms with van der Waals surface area (Å²) < 4.78 is 35.9. The molecule has 6 nitrogen and oxygen atoms in total. The summed E-state index contributed by atoms with van der Waals surface area (Å²) in [5.41, 5.74) is 29.3. The van der Waals surface area contributed by atoms with Gasteiger partial charge in [-0.3, -0.25) is 0 Å². The van der Waals surface area contributed by atoms with E-state index in [2.05, 4.69) is 247 Å². The molecule has 0 unspecified atom stereocenters. The molecule has 0 fully saturated rings. The van der Waals surface area contributed by atoms with Gasteiger partial charge in [-0.2, -0.15) is 0 Å². The molecule has 4 aliphatic rings. The molecule has 0 aliphatic carbocycles. The molecule has 0 saturated carbocycles. The van der Waals surface area contributed by atoms with Crippen LogP contribution in [0.5, 0.6) is 34.5 Å². The Kier molecular flexibility index (Phi) is 20.2. The van der Waals surface area contributed by atoms with Gasteiger partial charge in [0.15, 0.2) is 23.0 Å². The summed E-state index contributed by atoms with van der Waals surface area (Å²) in [4.78, 5) is 10.3. The van der Waals surface area contributed by atoms with E-state index in [1.54, 1.807) is 34.0 Å². The van der Waals surface area contributed by atoms with Crippen LogP contribution in [0.15, 0.2) is 164 Å². The van der Waals surface area contributed by atoms with Gasteiger partial charge in [-0.1, -0.05) is 72.8 Å². The van der Waals surface area contributed by atoms with Gasteiger partial charge < -0.3 is 28.4 Å². The van der Waals surface area contributed by atoms with Crippen molar-refractivity contribution in [2.24, 2.45) is 0 Å². The second kappa shape index (κ2) is 30.2. The first-order valence-electron chi connectivity index (χ1n) is 37.1. The van der Waals surface area contributed by atoms with Crippen LogP contribution in [0.4, 0.5) is 0 Å². The summed E-state index contributed by atoms with van der Waals surface area (Å²) in [6.45, 7) is 31.0. The molecule has 8 aromatic carbocycles. The summed E-state index contributed by atoms with van der Waals surface area (Å²) in [6, 6.07) is 44.9. The molecule has 14 heteroatoms. The minimum atomic E-state index is 0.601. The Bertz CT molecular complexity index is 5720. The van der Waals surface area contributed by atoms with Crippen molar-refractivity contribution in [3.63, 3.8) is 0 Å². The number of hydrogen-bond acceptors (Lipinski definition) is 14. The van der Waals surface area contributed by atoms with Crippen LogP contribution in [0.25, 0.3) is 127 Å². The van der Waals surface area contributed by atoms with E-state index in [9.17, 15) is 0 Å². The Morgan fingerprint density at radius 3 is 0.898 bits per heavy atom. The summed E-state index contributed by atoms with van der Waals surface area (Å²) in [5, 5.41) is 28.3. The fourth-order valence-corrected chi connectivity index (χ4v) is 24.1. The zero-order valence-electron chi connectivity index (χ0n) is 63.0. The van der Waals surface area contributed by atoms with Gasteiger partial charge in [0.2, 0.25) is 0 Å². The van der Waals surface area contributed by atoms with Crippen LogP contribution in [-0.4, -0.2) is 39.6 Å². The van der Waals surface area contributed by atoms with Gasteiger partial charge in [0.25, 0.3) is 0 Å². The maximum absolute atomic E-state index is 6.12. The molecule has 8 aromatic heterocycles. The molecule has 0 spiro atoms. The average Bonchev–Trinajstić information content (AvgIpc) is 1.05. The predicted molar refractivity (Wildman–Crippen MR) is 469 cm³/mol. The molecular weight excluding hydrogens is 1480 g/mol. The highest BCUT2D eigenvalue weighted by Gasteiger charge is 2.29. The quantitative estimate of drug-likeness (QED) is 0.151. The second-order valence-corrected chi connectivity index (χ2v) is 36.1. The number of ether oxygens (including phenoxy) is 6. The van der Waals surface area contributed by atoms with Crippen molar-refractivity contribution in [2.75, 3.05) is 39.6 Å². The van der Waals surface area contributed by atoms with Crippen LogP contribution >= 0.6 is 90.7 Å². The van der Waals surface area contributed by atoms with E-state index in [1.165, 1.54) is 200 Å². The van der Waals surface area contributed by atoms with Crippen LogP contribution in [0.2, 0.25) is 0 Å². The van der Waals surface area contributed by atoms with Gasteiger partial charge >= 0.3 is 0 Å². The highest BCUT2D eigenvalue weighted by Crippen LogP contribution is 2.54. The third kappa shape index (κ3) is 13.0. The van der Waals surface area contributed by atoms with E-state index in [0.29, 0.717) is 26.4 Å². The number of hydrogen-bond donors (Lipinski definition) is 0. The van der Waals surface area contributed by atoms with Crippen molar-refractivity contribution in [3.05, 3.63) is 242 Å². The SMILES string of the molecule is Cc1cc(-c2cccs2)c(C)c2c(C)cc(-c3cccs3)c(C)c12.Cc1cc(-c2scc3c2OCCO3)c(C)c2c(C)cc(-c3scc4c3OCCC4)c(C)c12.Cc1ccc(-c2cccs2)c2c(C)ccc(-c3cccs3)c12.Cc1ccc(-c2scc3c2OCCO3)c2c(C)ccc(-c3scc4c3OCCC4)c12. The maximum atomic E-state index is 6.12. The van der Waals surface area contributed by atoms with E-state index in [1.807, 2.05) is 56.7 Å². The lowest BCUT2D eigenvalue weighted by Gasteiger charge is -2.21. The highest BCUT2D eigenvalue weighted by atomic mass is 32.1. The molecule has 544 valence electrons. The molecule has 0 N–H and O–H groups in total. The monoisotopic (exact) mass is 1560 g/mol. The van der Waals surface area contributed by atoms with Gasteiger partial charge in [0.05, 0.1) is 32.7 Å². The number of aryl methyl sites for hydroxylation is 14. The minimum Gasteiger partial charge on any atom is -0.492 e. The molecule has 16 aromatic rings. The van der Waals surface area contributed by atoms with Crippen molar-refractivity contribution < 1.29 is 28.4 Å². The van der Waals surface area contributed by atoms with E-state index in [0.717, 1.165) is 78.3 Å². The van der Waals surface area contributed by atoms with Gasteiger partial charge in [-0.15, -0.1) is 90.7 Å². The molecule has 0 amide bonds. The zero-order chi connectivity index (χ0) is 74.2. The van der Waals surface area contributed by atoms with Gasteiger partial charge in [0.1, 0.15) is 37.9 Å². The molecule has 12 heterocycles. The van der Waals surface area contributed by atoms with Crippen molar-refractivity contribution in [2.45, 2.75) is 109 Å². The molecule has 0 bridgehead atoms. The minimum absolute atomic E-state index is 0.601. The van der Waals surface area contributed by atoms with Crippen LogP contribution in [0, 0.1) is 83.1 Å². The third-order valence-corrected chi connectivity index (χ3v) is 29.5. The molecule has 0 saturated heterocycles. The number of fused-ring (bicyclic) bond motifs is 8. The highest BCUT2D eigenvalue weighted by molar-refractivity contribution is 7.16. The summed E-state index contributed by atoms with van der Waals surface area (Å²) in [7, 11) is 0. The van der Waals surface area contributed by atoms with Crippen LogP contribution < -0.4 is 28.4 Å². The van der Waals surface area contributed by atoms with E-state index in [4.69, 9.17) is 28.4 Å². The average molecular weight is 1570 g/mol. The Labute approximate surface area is 665 Å². The maximum Gasteiger partial charge on any atom is 0.179 e. The molecule has 4 aliphatic heterocycles. The standard InChI is InChI=1S/C27H26O3S2.C25H22O3S2.C22H20S2.C20H16S2/c1-14-10-19(26-24-18(12-31-26)6-5-7-29-24)16(3)22-15(2)11-20(17(4)23(14)22)27-25-21(13-32-27)28-8-9-30-25;1-14-6-8-18(25-23-19(13-30-25)26-10-11-28-23)21-15(2)5-7-17(20(14)21)24-22-16(12-29-24)4-3-9-27-22;1-13-11-17(19-7-5-9-23-19)16(4)22-14(2)12-18(15(3)21(13)22)20-8-6-10-24-20;1-13-7-9-16(18-6-4-12-22-18)20-14(2)8-10-15(19(13)20)17-5-3-11-21-17/h10-13H,5-9H2,1-4H3;5-8,12-13H,3-4,9-11H2,1-2H3;5-12H,1-4H3;3-12H,1-2H3. The zero-order valence-corrected chi connectivity index (χ0v) is 69.5. The number of thiophene rings is 8. The number of benzene rings is 8. The fraction of sp³-hybridized carbons (Fsp3) is 0.234. The summed E-state index contributed by atoms with van der Waals surface area (Å²) in [5.74, 6) is 5.72. The van der Waals surface area contributed by atoms with Crippen LogP contribution in [-0.2, 0) is 12.8 Å². The smallest absolute Gasteiger partial charge is 0.179 e. The third-order valence-electron chi connectivity index (χ3n) is 21.8. The van der Waals surface area contributed by atoms with Crippen molar-refractivity contribution in [1.82, 2.24) is 0 Å². The second-order valence-electron chi connectivity index (χ2n) is 28.7. The van der Waals surface area contributed by atoms with Gasteiger partial charge in [-0.05, 0) is 333 Å². The van der Waals surface area contributed by atoms with Crippen molar-refractivity contribution in [3.8, 4) is 118 Å². The lowest BCUT2D eigenvalue weighted by Crippen LogP contribution is -2.14. The van der Waals surface area contributed by atoms with E-state index >= 15 is 0 Å². The van der Waals surface area contributed by atoms with Crippen molar-refractivity contribution in [1.29, 1.82) is 0 Å². The predicted octanol–water partition coefficient (Wildman–Crippen LogP) is 29.1. The summed E-state index contributed by atoms with van der Waals surface area (Å²) >= 11 is 14.3. The number of rotatable bonds is 8. The largest absolute Gasteiger partial charge is 0.492 e. The molecule has 0 radical (unpaired) electrons. The van der Waals surface area contributed by atoms with Crippen molar-refractivity contribution >= 4 is 134 Å². The van der Waals surface area contributed by atoms with Crippen LogP contribution in [0.1, 0.15) is 90.7 Å². The first-order chi connectivity index (χ1) is 52.6. The Morgan fingerprint density at radius 1 is 0.241 bits per heavy atom. The lowest BCUT2D eigenvalue weighted by atomic mass is 9.87. The molecule has 0 atom stereocenters. The molecule has 108 heavy (non-hydrogen) atoms. The Balaban J connectivity index is 0.000000107. The van der Waals surface area contributed by atoms with Crippen LogP contribution in [0.3, 0.4) is 0 Å². The fourth-order valence-electron chi connectivity index (χ4n) is 16.8. The normalized spacial score (nSPS) is 13.4. The lowest BCUT2D eigenvalue weighted by molar-refractivity contribution is 0.174. The molecular formula is C94H84O6S8. The Morgan fingerprint density at radius 2 is 0.528 bits per heavy atom. The first-order valence-corrected chi connectivity index (χ1v) is 44.1. The van der Waals surface area contributed by atoms with E-state index < -0.39 is 0 Å². The van der Waals surface area contributed by atoms with Gasteiger partial charge in [0, 0.05) is 52.5 Å². The summed E-state index contributed by atoms with van der Waals surface area (Å²) in [6.07, 6.45) is 4.45. The Hall–Kier alpha value is -8.80. The first kappa shape index (κ1) is 72.1. The van der Waals surface area contributed by atoms with E-state index in [-0.39, 0.29) is 0 Å².